The molecule has 1 N–H and O–H groups in total. The second-order valence-electron chi connectivity index (χ2n) is 6.80. The topological polar surface area (TPSA) is 54.5 Å². The number of aromatic nitrogens is 1. The number of carbonyl (C=O) groups is 1. The molecule has 0 spiro atoms. The number of carbonyl (C=O) groups excluding carboxylic acids is 1. The van der Waals surface area contributed by atoms with E-state index in [4.69, 9.17) is 4.74 Å². The van der Waals surface area contributed by atoms with Crippen LogP contribution in [0.15, 0.2) is 48.7 Å². The molecule has 6 heteroatoms. The molecule has 3 aromatic rings. The number of methoxy groups -OCH3 is 1. The lowest BCUT2D eigenvalue weighted by Gasteiger charge is -2.27. The van der Waals surface area contributed by atoms with Crippen LogP contribution in [0, 0.1) is 6.92 Å². The molecule has 1 aromatic heterocycles. The molecule has 1 fully saturated rings. The molecule has 0 radical (unpaired) electrons. The number of pyridine rings is 1. The van der Waals surface area contributed by atoms with Crippen molar-refractivity contribution in [3.63, 3.8) is 0 Å². The zero-order valence-corrected chi connectivity index (χ0v) is 16.9. The van der Waals surface area contributed by atoms with Gasteiger partial charge in [-0.3, -0.25) is 9.78 Å². The summed E-state index contributed by atoms with van der Waals surface area (Å²) in [5.74, 6) is 2.70. The minimum atomic E-state index is 0.0210. The first kappa shape index (κ1) is 18.6. The van der Waals surface area contributed by atoms with E-state index in [0.29, 0.717) is 5.56 Å². The van der Waals surface area contributed by atoms with E-state index in [1.54, 1.807) is 13.3 Å². The van der Waals surface area contributed by atoms with Gasteiger partial charge in [-0.1, -0.05) is 24.3 Å². The van der Waals surface area contributed by atoms with Gasteiger partial charge < -0.3 is 15.0 Å². The van der Waals surface area contributed by atoms with E-state index in [2.05, 4.69) is 10.3 Å². The lowest BCUT2D eigenvalue weighted by molar-refractivity contribution is 0.0773. The Bertz CT molecular complexity index is 1020. The van der Waals surface area contributed by atoms with Gasteiger partial charge in [0.2, 0.25) is 0 Å². The number of hydrogen-bond donors (Lipinski definition) is 1. The van der Waals surface area contributed by atoms with E-state index in [0.717, 1.165) is 58.2 Å². The minimum absolute atomic E-state index is 0.0210. The Labute approximate surface area is 169 Å². The predicted octanol–water partition coefficient (Wildman–Crippen LogP) is 4.48. The molecule has 1 amide bonds. The molecule has 5 nitrogen and oxygen atoms in total. The third-order valence-electron chi connectivity index (χ3n) is 4.92. The van der Waals surface area contributed by atoms with Gasteiger partial charge in [-0.25, -0.2) is 0 Å². The van der Waals surface area contributed by atoms with Gasteiger partial charge in [0.05, 0.1) is 29.6 Å². The number of benzene rings is 2. The number of anilines is 2. The number of rotatable bonds is 4. The summed E-state index contributed by atoms with van der Waals surface area (Å²) < 4.78 is 5.53. The van der Waals surface area contributed by atoms with E-state index in [1.165, 1.54) is 0 Å². The van der Waals surface area contributed by atoms with Crippen molar-refractivity contribution in [1.29, 1.82) is 0 Å². The molecule has 2 heterocycles. The fraction of sp³-hybridized carbons (Fsp3) is 0.273. The first-order chi connectivity index (χ1) is 13.7. The third kappa shape index (κ3) is 3.64. The Morgan fingerprint density at radius 2 is 1.96 bits per heavy atom. The van der Waals surface area contributed by atoms with Crippen molar-refractivity contribution in [3.05, 3.63) is 59.8 Å². The van der Waals surface area contributed by atoms with Gasteiger partial charge in [-0.2, -0.15) is 11.8 Å². The highest BCUT2D eigenvalue weighted by atomic mass is 32.2. The van der Waals surface area contributed by atoms with Crippen molar-refractivity contribution in [2.45, 2.75) is 6.92 Å². The number of para-hydroxylation sites is 1. The van der Waals surface area contributed by atoms with Crippen LogP contribution in [0.2, 0.25) is 0 Å². The summed E-state index contributed by atoms with van der Waals surface area (Å²) in [6.07, 6.45) is 1.69. The van der Waals surface area contributed by atoms with Crippen molar-refractivity contribution in [2.24, 2.45) is 0 Å². The van der Waals surface area contributed by atoms with Crippen LogP contribution in [0.3, 0.4) is 0 Å². The molecule has 0 aliphatic carbocycles. The number of aryl methyl sites for hydroxylation is 1. The van der Waals surface area contributed by atoms with Crippen LogP contribution >= 0.6 is 11.8 Å². The van der Waals surface area contributed by atoms with Gasteiger partial charge >= 0.3 is 0 Å². The maximum Gasteiger partial charge on any atom is 0.257 e. The molecule has 0 saturated carbocycles. The first-order valence-electron chi connectivity index (χ1n) is 9.34. The van der Waals surface area contributed by atoms with Crippen molar-refractivity contribution >= 4 is 39.9 Å². The Morgan fingerprint density at radius 3 is 2.75 bits per heavy atom. The molecule has 0 bridgehead atoms. The molecular formula is C22H23N3O2S. The van der Waals surface area contributed by atoms with Crippen molar-refractivity contribution in [2.75, 3.05) is 37.0 Å². The maximum atomic E-state index is 13.3. The molecule has 4 rings (SSSR count). The average molecular weight is 394 g/mol. The van der Waals surface area contributed by atoms with Gasteiger partial charge in [0.15, 0.2) is 0 Å². The van der Waals surface area contributed by atoms with Crippen LogP contribution in [0.4, 0.5) is 11.4 Å². The van der Waals surface area contributed by atoms with Gasteiger partial charge in [-0.05, 0) is 30.7 Å². The molecule has 28 heavy (non-hydrogen) atoms. The normalized spacial score (nSPS) is 14.1. The van der Waals surface area contributed by atoms with Crippen LogP contribution in [-0.4, -0.2) is 47.5 Å². The van der Waals surface area contributed by atoms with E-state index in [9.17, 15) is 4.79 Å². The van der Waals surface area contributed by atoms with Crippen molar-refractivity contribution < 1.29 is 9.53 Å². The van der Waals surface area contributed by atoms with Gasteiger partial charge in [0, 0.05) is 36.2 Å². The van der Waals surface area contributed by atoms with Crippen molar-refractivity contribution in [1.82, 2.24) is 9.88 Å². The zero-order chi connectivity index (χ0) is 19.5. The molecule has 1 saturated heterocycles. The highest BCUT2D eigenvalue weighted by Gasteiger charge is 2.23. The summed E-state index contributed by atoms with van der Waals surface area (Å²) in [5.41, 5.74) is 4.17. The predicted molar refractivity (Wildman–Crippen MR) is 116 cm³/mol. The van der Waals surface area contributed by atoms with Crippen LogP contribution in [0.1, 0.15) is 15.9 Å². The highest BCUT2D eigenvalue weighted by Crippen LogP contribution is 2.34. The maximum absolute atomic E-state index is 13.3. The van der Waals surface area contributed by atoms with Crippen LogP contribution in [0.5, 0.6) is 5.75 Å². The second kappa shape index (κ2) is 8.10. The number of amides is 1. The molecule has 0 unspecified atom stereocenters. The Balaban J connectivity index is 1.83. The number of thioether (sulfide) groups is 1. The average Bonchev–Trinajstić information content (AvgIpc) is 2.74. The summed E-state index contributed by atoms with van der Waals surface area (Å²) >= 11 is 1.89. The quantitative estimate of drug-likeness (QED) is 0.708. The van der Waals surface area contributed by atoms with E-state index in [-0.39, 0.29) is 5.91 Å². The minimum Gasteiger partial charge on any atom is -0.495 e. The molecule has 0 atom stereocenters. The summed E-state index contributed by atoms with van der Waals surface area (Å²) in [4.78, 5) is 19.7. The summed E-state index contributed by atoms with van der Waals surface area (Å²) in [6, 6.07) is 13.8. The van der Waals surface area contributed by atoms with Gasteiger partial charge in [0.25, 0.3) is 5.91 Å². The van der Waals surface area contributed by atoms with Crippen LogP contribution in [0.25, 0.3) is 10.9 Å². The van der Waals surface area contributed by atoms with E-state index in [1.807, 2.05) is 66.1 Å². The smallest absolute Gasteiger partial charge is 0.257 e. The lowest BCUT2D eigenvalue weighted by atomic mass is 10.1. The molecule has 144 valence electrons. The summed E-state index contributed by atoms with van der Waals surface area (Å²) in [6.45, 7) is 3.57. The molecule has 2 aromatic carbocycles. The van der Waals surface area contributed by atoms with E-state index < -0.39 is 0 Å². The Kier molecular flexibility index (Phi) is 5.39. The SMILES string of the molecule is COc1ccc(C)cc1Nc1c(C(=O)N2CCSCC2)cnc2ccccc12. The van der Waals surface area contributed by atoms with E-state index >= 15 is 0 Å². The van der Waals surface area contributed by atoms with Crippen molar-refractivity contribution in [3.8, 4) is 5.75 Å². The second-order valence-corrected chi connectivity index (χ2v) is 8.02. The standard InChI is InChI=1S/C22H23N3O2S/c1-15-7-8-20(27-2)19(13-15)24-21-16-5-3-4-6-18(16)23-14-17(21)22(26)25-9-11-28-12-10-25/h3-8,13-14H,9-12H2,1-2H3,(H,23,24). The number of ether oxygens (including phenoxy) is 1. The Morgan fingerprint density at radius 1 is 1.18 bits per heavy atom. The number of nitrogens with one attached hydrogen (secondary N) is 1. The van der Waals surface area contributed by atoms with Gasteiger partial charge in [0.1, 0.15) is 5.75 Å². The zero-order valence-electron chi connectivity index (χ0n) is 16.1. The summed E-state index contributed by atoms with van der Waals surface area (Å²) in [7, 11) is 1.65. The van der Waals surface area contributed by atoms with Crippen LogP contribution < -0.4 is 10.1 Å². The highest BCUT2D eigenvalue weighted by molar-refractivity contribution is 7.99. The fourth-order valence-electron chi connectivity index (χ4n) is 3.43. The first-order valence-corrected chi connectivity index (χ1v) is 10.5. The lowest BCUT2D eigenvalue weighted by Crippen LogP contribution is -2.38. The molecular weight excluding hydrogens is 370 g/mol. The third-order valence-corrected chi connectivity index (χ3v) is 5.86. The van der Waals surface area contributed by atoms with Gasteiger partial charge in [-0.15, -0.1) is 0 Å². The monoisotopic (exact) mass is 393 g/mol. The molecule has 1 aliphatic heterocycles. The number of fused-ring (bicyclic) bond motifs is 1. The number of hydrogen-bond acceptors (Lipinski definition) is 5. The molecule has 1 aliphatic rings. The largest absolute Gasteiger partial charge is 0.495 e. The number of nitrogens with zero attached hydrogens (tertiary/aromatic N) is 2. The fourth-order valence-corrected chi connectivity index (χ4v) is 4.33. The van der Waals surface area contributed by atoms with Crippen LogP contribution in [-0.2, 0) is 0 Å². The Hall–Kier alpha value is -2.73. The summed E-state index contributed by atoms with van der Waals surface area (Å²) in [5, 5.41) is 4.40.